The number of hydrogen-bond acceptors (Lipinski definition) is 3. The summed E-state index contributed by atoms with van der Waals surface area (Å²) in [6, 6.07) is 0. The van der Waals surface area contributed by atoms with Gasteiger partial charge in [-0.1, -0.05) is 0 Å². The largest absolute Gasteiger partial charge is 0.481 e. The van der Waals surface area contributed by atoms with Crippen molar-refractivity contribution in [2.24, 2.45) is 5.92 Å². The van der Waals surface area contributed by atoms with Crippen molar-refractivity contribution in [1.82, 2.24) is 14.8 Å². The zero-order valence-corrected chi connectivity index (χ0v) is 10.2. The predicted molar refractivity (Wildman–Crippen MR) is 54.3 cm³/mol. The van der Waals surface area contributed by atoms with Crippen LogP contribution in [-0.4, -0.2) is 38.2 Å². The molecule has 1 aliphatic heterocycles. The number of rotatable bonds is 2. The Morgan fingerprint density at radius 3 is 2.24 bits per heavy atom. The van der Waals surface area contributed by atoms with Crippen LogP contribution in [0.5, 0.6) is 0 Å². The van der Waals surface area contributed by atoms with E-state index in [1.165, 1.54) is 0 Å². The maximum Gasteiger partial charge on any atom is 0.407 e. The van der Waals surface area contributed by atoms with Crippen LogP contribution in [0.1, 0.15) is 24.0 Å². The molecule has 11 heteroatoms. The number of aryl methyl sites for hydroxylation is 1. The standard InChI is InChI=1S/C10H9F6N3O2/c11-9(12,13)6(10(14,15)16)7-18-17-5-2-1-4(8(20)21)3-19(5)7/h4,6H,1-3H2,(H,20,21). The average molecular weight is 317 g/mol. The van der Waals surface area contributed by atoms with Gasteiger partial charge in [0.1, 0.15) is 5.82 Å². The van der Waals surface area contributed by atoms with Crippen LogP contribution in [0, 0.1) is 5.92 Å². The number of fused-ring (bicyclic) bond motifs is 1. The number of halogens is 6. The van der Waals surface area contributed by atoms with Gasteiger partial charge in [-0.25, -0.2) is 0 Å². The van der Waals surface area contributed by atoms with Gasteiger partial charge < -0.3 is 9.67 Å². The molecule has 0 radical (unpaired) electrons. The fourth-order valence-electron chi connectivity index (χ4n) is 2.24. The minimum absolute atomic E-state index is 0.0353. The lowest BCUT2D eigenvalue weighted by Crippen LogP contribution is -2.38. The SMILES string of the molecule is O=C(O)C1CCc2nnc(C(C(F)(F)F)C(F)(F)F)n2C1. The second-order valence-corrected chi connectivity index (χ2v) is 4.68. The number of carbonyl (C=O) groups is 1. The first-order chi connectivity index (χ1) is 9.51. The van der Waals surface area contributed by atoms with Crippen molar-refractivity contribution in [3.63, 3.8) is 0 Å². The van der Waals surface area contributed by atoms with Crippen molar-refractivity contribution in [3.05, 3.63) is 11.6 Å². The summed E-state index contributed by atoms with van der Waals surface area (Å²) in [7, 11) is 0. The van der Waals surface area contributed by atoms with Crippen LogP contribution in [0.4, 0.5) is 26.3 Å². The Balaban J connectivity index is 2.46. The van der Waals surface area contributed by atoms with Gasteiger partial charge in [0.25, 0.3) is 0 Å². The Hall–Kier alpha value is -1.81. The molecule has 1 atom stereocenters. The molecule has 2 heterocycles. The molecule has 118 valence electrons. The Morgan fingerprint density at radius 1 is 1.19 bits per heavy atom. The molecule has 1 N–H and O–H groups in total. The number of alkyl halides is 6. The third-order valence-electron chi connectivity index (χ3n) is 3.24. The minimum Gasteiger partial charge on any atom is -0.481 e. The highest BCUT2D eigenvalue weighted by Crippen LogP contribution is 2.46. The molecule has 1 aromatic heterocycles. The lowest BCUT2D eigenvalue weighted by molar-refractivity contribution is -0.256. The van der Waals surface area contributed by atoms with Crippen LogP contribution in [0.15, 0.2) is 0 Å². The summed E-state index contributed by atoms with van der Waals surface area (Å²) in [5.74, 6) is -7.50. The summed E-state index contributed by atoms with van der Waals surface area (Å²) in [5, 5.41) is 15.2. The first-order valence-corrected chi connectivity index (χ1v) is 5.80. The van der Waals surface area contributed by atoms with E-state index in [2.05, 4.69) is 10.2 Å². The van der Waals surface area contributed by atoms with E-state index >= 15 is 0 Å². The minimum atomic E-state index is -5.59. The number of nitrogens with zero attached hydrogens (tertiary/aromatic N) is 3. The zero-order chi connectivity index (χ0) is 16.0. The molecular formula is C10H9F6N3O2. The van der Waals surface area contributed by atoms with Crippen LogP contribution in [-0.2, 0) is 17.8 Å². The van der Waals surface area contributed by atoms with Crippen LogP contribution < -0.4 is 0 Å². The van der Waals surface area contributed by atoms with Crippen molar-refractivity contribution < 1.29 is 36.2 Å². The molecule has 0 saturated heterocycles. The summed E-state index contributed by atoms with van der Waals surface area (Å²) in [6.45, 7) is -0.504. The Labute approximate surface area is 113 Å². The molecule has 21 heavy (non-hydrogen) atoms. The normalized spacial score (nSPS) is 19.7. The van der Waals surface area contributed by atoms with Gasteiger partial charge in [-0.3, -0.25) is 4.79 Å². The number of hydrogen-bond donors (Lipinski definition) is 1. The van der Waals surface area contributed by atoms with Gasteiger partial charge in [0, 0.05) is 13.0 Å². The highest BCUT2D eigenvalue weighted by Gasteiger charge is 2.60. The zero-order valence-electron chi connectivity index (χ0n) is 10.2. The molecule has 0 spiro atoms. The molecule has 2 rings (SSSR count). The first kappa shape index (κ1) is 15.6. The van der Waals surface area contributed by atoms with Gasteiger partial charge in [0.2, 0.25) is 5.92 Å². The van der Waals surface area contributed by atoms with Gasteiger partial charge in [-0.05, 0) is 6.42 Å². The first-order valence-electron chi connectivity index (χ1n) is 5.80. The Morgan fingerprint density at radius 2 is 1.76 bits per heavy atom. The highest BCUT2D eigenvalue weighted by atomic mass is 19.4. The van der Waals surface area contributed by atoms with Gasteiger partial charge in [0.05, 0.1) is 5.92 Å². The van der Waals surface area contributed by atoms with Crippen molar-refractivity contribution in [1.29, 1.82) is 0 Å². The number of carboxylic acids is 1. The average Bonchev–Trinajstić information content (AvgIpc) is 2.68. The molecule has 5 nitrogen and oxygen atoms in total. The molecule has 1 aliphatic rings. The Bertz CT molecular complexity index is 536. The molecule has 0 fully saturated rings. The number of carboxylic acid groups (broad SMARTS) is 1. The fraction of sp³-hybridized carbons (Fsp3) is 0.700. The summed E-state index contributed by atoms with van der Waals surface area (Å²) in [6.07, 6.45) is -11.1. The maximum absolute atomic E-state index is 12.7. The van der Waals surface area contributed by atoms with E-state index in [0.717, 1.165) is 0 Å². The third-order valence-corrected chi connectivity index (χ3v) is 3.24. The van der Waals surface area contributed by atoms with Gasteiger partial charge >= 0.3 is 18.3 Å². The van der Waals surface area contributed by atoms with Crippen LogP contribution in [0.3, 0.4) is 0 Å². The van der Waals surface area contributed by atoms with E-state index in [4.69, 9.17) is 5.11 Å². The maximum atomic E-state index is 12.7. The molecule has 0 aromatic carbocycles. The summed E-state index contributed by atoms with van der Waals surface area (Å²) in [5.41, 5.74) is 0. The third kappa shape index (κ3) is 2.95. The lowest BCUT2D eigenvalue weighted by Gasteiger charge is -2.26. The van der Waals surface area contributed by atoms with Crippen LogP contribution in [0.2, 0.25) is 0 Å². The second kappa shape index (κ2) is 4.88. The van der Waals surface area contributed by atoms with Crippen molar-refractivity contribution in [2.45, 2.75) is 37.7 Å². The fourth-order valence-corrected chi connectivity index (χ4v) is 2.24. The summed E-state index contributed by atoms with van der Waals surface area (Å²) < 4.78 is 76.7. The Kier molecular flexibility index (Phi) is 3.62. The van der Waals surface area contributed by atoms with E-state index in [-0.39, 0.29) is 18.7 Å². The number of aliphatic carboxylic acids is 1. The smallest absolute Gasteiger partial charge is 0.407 e. The van der Waals surface area contributed by atoms with Crippen molar-refractivity contribution in [3.8, 4) is 0 Å². The van der Waals surface area contributed by atoms with E-state index in [1.807, 2.05) is 0 Å². The molecule has 0 amide bonds. The molecule has 0 bridgehead atoms. The van der Waals surface area contributed by atoms with Crippen molar-refractivity contribution in [2.75, 3.05) is 0 Å². The van der Waals surface area contributed by atoms with E-state index in [9.17, 15) is 31.1 Å². The lowest BCUT2D eigenvalue weighted by atomic mass is 9.98. The predicted octanol–water partition coefficient (Wildman–Crippen LogP) is 2.13. The summed E-state index contributed by atoms with van der Waals surface area (Å²) >= 11 is 0. The van der Waals surface area contributed by atoms with Gasteiger partial charge in [-0.15, -0.1) is 10.2 Å². The van der Waals surface area contributed by atoms with E-state index in [1.54, 1.807) is 0 Å². The highest BCUT2D eigenvalue weighted by molar-refractivity contribution is 5.70. The molecular weight excluding hydrogens is 308 g/mol. The molecule has 0 saturated carbocycles. The molecule has 1 unspecified atom stereocenters. The van der Waals surface area contributed by atoms with E-state index < -0.39 is 42.5 Å². The quantitative estimate of drug-likeness (QED) is 0.849. The summed E-state index contributed by atoms with van der Waals surface area (Å²) in [4.78, 5) is 10.9. The second-order valence-electron chi connectivity index (χ2n) is 4.68. The molecule has 1 aromatic rings. The molecule has 0 aliphatic carbocycles. The van der Waals surface area contributed by atoms with E-state index in [0.29, 0.717) is 4.57 Å². The number of aromatic nitrogens is 3. The van der Waals surface area contributed by atoms with Crippen molar-refractivity contribution >= 4 is 5.97 Å². The van der Waals surface area contributed by atoms with Gasteiger partial charge in [0.15, 0.2) is 5.82 Å². The topological polar surface area (TPSA) is 68.0 Å². The van der Waals surface area contributed by atoms with Crippen LogP contribution in [0.25, 0.3) is 0 Å². The van der Waals surface area contributed by atoms with Gasteiger partial charge in [-0.2, -0.15) is 26.3 Å². The van der Waals surface area contributed by atoms with Crippen LogP contribution >= 0.6 is 0 Å². The monoisotopic (exact) mass is 317 g/mol.